The minimum absolute atomic E-state index is 0.0175. The van der Waals surface area contributed by atoms with Gasteiger partial charge in [-0.05, 0) is 48.1 Å². The monoisotopic (exact) mass is 474 g/mol. The summed E-state index contributed by atoms with van der Waals surface area (Å²) in [4.78, 5) is 30.9. The van der Waals surface area contributed by atoms with E-state index in [-0.39, 0.29) is 37.2 Å². The minimum atomic E-state index is -3.84. The lowest BCUT2D eigenvalue weighted by Gasteiger charge is -2.33. The summed E-state index contributed by atoms with van der Waals surface area (Å²) in [6, 6.07) is 9.38. The molecule has 0 saturated carbocycles. The van der Waals surface area contributed by atoms with E-state index in [0.717, 1.165) is 11.1 Å². The molecular weight excluding hydrogens is 444 g/mol. The van der Waals surface area contributed by atoms with Gasteiger partial charge >= 0.3 is 5.97 Å². The number of hydrogen-bond acceptors (Lipinski definition) is 7. The van der Waals surface area contributed by atoms with Gasteiger partial charge in [-0.2, -0.15) is 0 Å². The van der Waals surface area contributed by atoms with Gasteiger partial charge in [0.25, 0.3) is 0 Å². The van der Waals surface area contributed by atoms with Crippen LogP contribution in [-0.4, -0.2) is 68.3 Å². The molecule has 1 unspecified atom stereocenters. The Kier molecular flexibility index (Phi) is 8.57. The number of amides is 1. The van der Waals surface area contributed by atoms with Crippen molar-refractivity contribution in [3.63, 3.8) is 0 Å². The molecule has 0 aliphatic carbocycles. The first-order chi connectivity index (χ1) is 15.8. The van der Waals surface area contributed by atoms with Crippen LogP contribution in [0.2, 0.25) is 0 Å². The van der Waals surface area contributed by atoms with Gasteiger partial charge in [0, 0.05) is 18.9 Å². The van der Waals surface area contributed by atoms with Crippen molar-refractivity contribution in [3.05, 3.63) is 59.9 Å². The molecule has 1 amide bonds. The number of aromatic nitrogens is 1. The van der Waals surface area contributed by atoms with Crippen molar-refractivity contribution in [2.45, 2.75) is 43.5 Å². The summed E-state index contributed by atoms with van der Waals surface area (Å²) in [6.07, 6.45) is 4.77. The van der Waals surface area contributed by atoms with Crippen LogP contribution in [0.1, 0.15) is 37.3 Å². The highest BCUT2D eigenvalue weighted by atomic mass is 32.2. The fourth-order valence-electron chi connectivity index (χ4n) is 3.58. The highest BCUT2D eigenvalue weighted by Gasteiger charge is 2.36. The van der Waals surface area contributed by atoms with Gasteiger partial charge in [-0.15, -0.1) is 0 Å². The summed E-state index contributed by atoms with van der Waals surface area (Å²) in [5, 5.41) is 0. The SMILES string of the molecule is CC(C)c1ccc(S(=O)(=O)CC(=O)N2CCOCC2C(=O)OCCCc2cccnc2)cc1. The quantitative estimate of drug-likeness (QED) is 0.406. The standard InChI is InChI=1S/C24H30N2O6S/c1-18(2)20-7-9-21(10-8-20)33(29,30)17-23(27)26-12-14-31-16-22(26)24(28)32-13-4-6-19-5-3-11-25-15-19/h3,5,7-11,15,18,22H,4,6,12-14,16-17H2,1-2H3. The van der Waals surface area contributed by atoms with E-state index in [4.69, 9.17) is 9.47 Å². The summed E-state index contributed by atoms with van der Waals surface area (Å²) in [5.41, 5.74) is 2.05. The highest BCUT2D eigenvalue weighted by Crippen LogP contribution is 2.19. The van der Waals surface area contributed by atoms with E-state index < -0.39 is 33.5 Å². The topological polar surface area (TPSA) is 103 Å². The molecule has 1 aromatic heterocycles. The van der Waals surface area contributed by atoms with E-state index in [0.29, 0.717) is 12.8 Å². The van der Waals surface area contributed by atoms with Gasteiger partial charge < -0.3 is 14.4 Å². The molecule has 2 heterocycles. The van der Waals surface area contributed by atoms with Gasteiger partial charge in [0.1, 0.15) is 5.75 Å². The normalized spacial score (nSPS) is 16.6. The van der Waals surface area contributed by atoms with E-state index in [1.165, 1.54) is 17.0 Å². The first kappa shape index (κ1) is 24.9. The number of rotatable bonds is 9. The van der Waals surface area contributed by atoms with E-state index in [9.17, 15) is 18.0 Å². The Morgan fingerprint density at radius 1 is 1.21 bits per heavy atom. The molecule has 8 nitrogen and oxygen atoms in total. The number of esters is 1. The molecule has 1 aliphatic rings. The summed E-state index contributed by atoms with van der Waals surface area (Å²) < 4.78 is 36.3. The summed E-state index contributed by atoms with van der Waals surface area (Å²) in [7, 11) is -3.84. The van der Waals surface area contributed by atoms with E-state index >= 15 is 0 Å². The molecule has 1 aliphatic heterocycles. The molecule has 1 aromatic carbocycles. The molecule has 0 N–H and O–H groups in total. The molecule has 1 saturated heterocycles. The first-order valence-electron chi connectivity index (χ1n) is 11.0. The van der Waals surface area contributed by atoms with Crippen LogP contribution in [0.4, 0.5) is 0 Å². The van der Waals surface area contributed by atoms with Gasteiger partial charge in [0.2, 0.25) is 5.91 Å². The Labute approximate surface area is 194 Å². The zero-order chi connectivity index (χ0) is 23.8. The molecule has 9 heteroatoms. The van der Waals surface area contributed by atoms with Crippen LogP contribution >= 0.6 is 0 Å². The maximum atomic E-state index is 12.9. The van der Waals surface area contributed by atoms with Gasteiger partial charge in [0.05, 0.1) is 24.7 Å². The second kappa shape index (κ2) is 11.4. The fraction of sp³-hybridized carbons (Fsp3) is 0.458. The molecule has 1 atom stereocenters. The van der Waals surface area contributed by atoms with Crippen LogP contribution in [0.25, 0.3) is 0 Å². The van der Waals surface area contributed by atoms with Crippen molar-refractivity contribution < 1.29 is 27.5 Å². The third-order valence-electron chi connectivity index (χ3n) is 5.52. The van der Waals surface area contributed by atoms with Crippen molar-refractivity contribution in [3.8, 4) is 0 Å². The number of hydrogen-bond donors (Lipinski definition) is 0. The number of benzene rings is 1. The summed E-state index contributed by atoms with van der Waals surface area (Å²) in [6.45, 7) is 4.58. The van der Waals surface area contributed by atoms with Crippen molar-refractivity contribution in [2.24, 2.45) is 0 Å². The van der Waals surface area contributed by atoms with Crippen molar-refractivity contribution in [1.82, 2.24) is 9.88 Å². The van der Waals surface area contributed by atoms with Crippen molar-refractivity contribution >= 4 is 21.7 Å². The number of morpholine rings is 1. The molecule has 0 bridgehead atoms. The maximum Gasteiger partial charge on any atom is 0.331 e. The van der Waals surface area contributed by atoms with E-state index in [1.807, 2.05) is 26.0 Å². The predicted octanol–water partition coefficient (Wildman–Crippen LogP) is 2.38. The zero-order valence-corrected chi connectivity index (χ0v) is 19.8. The summed E-state index contributed by atoms with van der Waals surface area (Å²) in [5.74, 6) is -1.66. The predicted molar refractivity (Wildman–Crippen MR) is 122 cm³/mol. The number of aryl methyl sites for hydroxylation is 1. The molecular formula is C24H30N2O6S. The average Bonchev–Trinajstić information content (AvgIpc) is 2.82. The third-order valence-corrected chi connectivity index (χ3v) is 7.13. The molecule has 3 rings (SSSR count). The fourth-order valence-corrected chi connectivity index (χ4v) is 4.79. The minimum Gasteiger partial charge on any atom is -0.464 e. The Balaban J connectivity index is 1.57. The van der Waals surface area contributed by atoms with E-state index in [1.54, 1.807) is 24.5 Å². The lowest BCUT2D eigenvalue weighted by molar-refractivity contribution is -0.162. The number of carbonyl (C=O) groups is 2. The van der Waals surface area contributed by atoms with Gasteiger partial charge in [-0.25, -0.2) is 13.2 Å². The lowest BCUT2D eigenvalue weighted by atomic mass is 10.0. The molecule has 0 spiro atoms. The first-order valence-corrected chi connectivity index (χ1v) is 12.7. The second-order valence-corrected chi connectivity index (χ2v) is 10.3. The molecule has 0 radical (unpaired) electrons. The number of sulfone groups is 1. The van der Waals surface area contributed by atoms with Crippen molar-refractivity contribution in [2.75, 3.05) is 32.1 Å². The number of ether oxygens (including phenoxy) is 2. The van der Waals surface area contributed by atoms with Crippen LogP contribution < -0.4 is 0 Å². The third kappa shape index (κ3) is 6.85. The number of nitrogens with zero attached hydrogens (tertiary/aromatic N) is 2. The Bertz CT molecular complexity index is 1040. The average molecular weight is 475 g/mol. The number of carbonyl (C=O) groups excluding carboxylic acids is 2. The Morgan fingerprint density at radius 3 is 2.64 bits per heavy atom. The van der Waals surface area contributed by atoms with Crippen LogP contribution in [0.3, 0.4) is 0 Å². The molecule has 33 heavy (non-hydrogen) atoms. The second-order valence-electron chi connectivity index (χ2n) is 8.29. The van der Waals surface area contributed by atoms with Crippen LogP contribution in [0, 0.1) is 0 Å². The lowest BCUT2D eigenvalue weighted by Crippen LogP contribution is -2.54. The zero-order valence-electron chi connectivity index (χ0n) is 19.0. The number of pyridine rings is 1. The smallest absolute Gasteiger partial charge is 0.331 e. The van der Waals surface area contributed by atoms with Crippen molar-refractivity contribution in [1.29, 1.82) is 0 Å². The van der Waals surface area contributed by atoms with Crippen LogP contribution in [-0.2, 0) is 35.3 Å². The Morgan fingerprint density at radius 2 is 1.97 bits per heavy atom. The van der Waals surface area contributed by atoms with E-state index in [2.05, 4.69) is 4.98 Å². The van der Waals surface area contributed by atoms with Crippen LogP contribution in [0.5, 0.6) is 0 Å². The molecule has 1 fully saturated rings. The maximum absolute atomic E-state index is 12.9. The van der Waals surface area contributed by atoms with Crippen LogP contribution in [0.15, 0.2) is 53.7 Å². The van der Waals surface area contributed by atoms with Gasteiger partial charge in [0.15, 0.2) is 15.9 Å². The van der Waals surface area contributed by atoms with Gasteiger partial charge in [-0.3, -0.25) is 9.78 Å². The Hall–Kier alpha value is -2.78. The molecule has 178 valence electrons. The highest BCUT2D eigenvalue weighted by molar-refractivity contribution is 7.92. The van der Waals surface area contributed by atoms with Gasteiger partial charge in [-0.1, -0.05) is 32.0 Å². The largest absolute Gasteiger partial charge is 0.464 e. The molecule has 2 aromatic rings. The summed E-state index contributed by atoms with van der Waals surface area (Å²) >= 11 is 0.